The smallest absolute Gasteiger partial charge is 0.276 e. The van der Waals surface area contributed by atoms with Crippen molar-refractivity contribution in [3.63, 3.8) is 0 Å². The first-order valence-corrected chi connectivity index (χ1v) is 14.2. The molecule has 44 heavy (non-hydrogen) atoms. The molecule has 2 aliphatic rings. The number of nitrogens with one attached hydrogen (secondary N) is 1. The molecule has 1 aliphatic carbocycles. The van der Waals surface area contributed by atoms with Crippen LogP contribution in [0.2, 0.25) is 5.02 Å². The molecule has 4 aromatic rings. The Morgan fingerprint density at radius 3 is 2.66 bits per heavy atom. The number of benzene rings is 1. The molecule has 0 spiro atoms. The molecular weight excluding hydrogens is 599 g/mol. The fraction of sp³-hybridized carbons (Fsp3) is 0.333. The number of hydrogen-bond donors (Lipinski definition) is 2. The summed E-state index contributed by atoms with van der Waals surface area (Å²) < 4.78 is 43.8. The maximum Gasteiger partial charge on any atom is 0.276 e. The maximum atomic E-state index is 14.8. The number of piperidine rings is 1. The highest BCUT2D eigenvalue weighted by molar-refractivity contribution is 6.31. The van der Waals surface area contributed by atoms with Crippen molar-refractivity contribution >= 4 is 34.9 Å². The third kappa shape index (κ3) is 5.09. The van der Waals surface area contributed by atoms with Crippen LogP contribution in [0.25, 0.3) is 11.3 Å². The molecule has 228 valence electrons. The van der Waals surface area contributed by atoms with E-state index in [-0.39, 0.29) is 40.6 Å². The molecule has 2 amide bonds. The number of carbonyl (C=O) groups excluding carboxylic acids is 2. The fourth-order valence-electron chi connectivity index (χ4n) is 5.80. The summed E-state index contributed by atoms with van der Waals surface area (Å²) in [6.07, 6.45) is 2.62. The lowest BCUT2D eigenvalue weighted by Gasteiger charge is -2.21. The maximum absolute atomic E-state index is 14.8. The number of carbonyl (C=O) groups is 2. The standard InChI is InChI=1S/C30H27ClF3N7O3/c1-13-6-16(7-36-28(13)40-11-19-14(2)23(19)30(40)44)15(3)41-10-17(8-37-41)38-29(43)26-22(12-42)35-9-21(39-26)24-18(27(33)34)4-5-20(31)25(24)32/h4-10,14-15,19,23,27,42H,11-12H2,1-3H3,(H,38,43). The number of aliphatic hydroxyl groups excluding tert-OH is 1. The van der Waals surface area contributed by atoms with E-state index >= 15 is 0 Å². The summed E-state index contributed by atoms with van der Waals surface area (Å²) in [7, 11) is 0. The number of anilines is 2. The molecule has 1 aromatic carbocycles. The molecule has 1 saturated carbocycles. The molecule has 1 saturated heterocycles. The van der Waals surface area contributed by atoms with Gasteiger partial charge >= 0.3 is 0 Å². The predicted octanol–water partition coefficient (Wildman–Crippen LogP) is 5.36. The first kappa shape index (κ1) is 29.7. The van der Waals surface area contributed by atoms with Gasteiger partial charge < -0.3 is 10.4 Å². The third-order valence-electron chi connectivity index (χ3n) is 8.40. The molecule has 3 aromatic heterocycles. The topological polar surface area (TPSA) is 126 Å². The van der Waals surface area contributed by atoms with E-state index in [0.717, 1.165) is 29.5 Å². The van der Waals surface area contributed by atoms with Gasteiger partial charge in [0.15, 0.2) is 11.5 Å². The van der Waals surface area contributed by atoms with Crippen molar-refractivity contribution in [1.29, 1.82) is 0 Å². The number of rotatable bonds is 8. The predicted molar refractivity (Wildman–Crippen MR) is 155 cm³/mol. The van der Waals surface area contributed by atoms with Gasteiger partial charge in [0.2, 0.25) is 5.91 Å². The highest BCUT2D eigenvalue weighted by Crippen LogP contribution is 2.53. The second-order valence-electron chi connectivity index (χ2n) is 11.1. The van der Waals surface area contributed by atoms with Crippen molar-refractivity contribution in [3.8, 4) is 11.3 Å². The van der Waals surface area contributed by atoms with Crippen molar-refractivity contribution in [2.24, 2.45) is 17.8 Å². The van der Waals surface area contributed by atoms with E-state index in [0.29, 0.717) is 24.2 Å². The fourth-order valence-corrected chi connectivity index (χ4v) is 5.96. The van der Waals surface area contributed by atoms with Crippen molar-refractivity contribution in [1.82, 2.24) is 24.7 Å². The van der Waals surface area contributed by atoms with Gasteiger partial charge in [-0.05, 0) is 48.9 Å². The van der Waals surface area contributed by atoms with Gasteiger partial charge in [-0.1, -0.05) is 24.6 Å². The summed E-state index contributed by atoms with van der Waals surface area (Å²) in [4.78, 5) is 40.3. The third-order valence-corrected chi connectivity index (χ3v) is 8.70. The molecule has 6 rings (SSSR count). The average molecular weight is 626 g/mol. The van der Waals surface area contributed by atoms with Crippen LogP contribution in [0.1, 0.15) is 59.2 Å². The van der Waals surface area contributed by atoms with Gasteiger partial charge in [0.25, 0.3) is 12.3 Å². The Morgan fingerprint density at radius 1 is 1.23 bits per heavy atom. The Hall–Kier alpha value is -4.36. The normalized spacial score (nSPS) is 19.8. The summed E-state index contributed by atoms with van der Waals surface area (Å²) in [5, 5.41) is 16.3. The number of amides is 2. The zero-order chi connectivity index (χ0) is 31.4. The number of aliphatic hydroxyl groups is 1. The van der Waals surface area contributed by atoms with Crippen LogP contribution in [0.5, 0.6) is 0 Å². The largest absolute Gasteiger partial charge is 0.390 e. The van der Waals surface area contributed by atoms with Crippen molar-refractivity contribution in [2.45, 2.75) is 39.8 Å². The van der Waals surface area contributed by atoms with Gasteiger partial charge in [-0.25, -0.2) is 23.1 Å². The number of nitrogens with zero attached hydrogens (tertiary/aromatic N) is 6. The zero-order valence-electron chi connectivity index (χ0n) is 23.8. The van der Waals surface area contributed by atoms with E-state index in [1.54, 1.807) is 22.0 Å². The lowest BCUT2D eigenvalue weighted by molar-refractivity contribution is -0.119. The highest BCUT2D eigenvalue weighted by atomic mass is 35.5. The van der Waals surface area contributed by atoms with Crippen molar-refractivity contribution in [3.05, 3.63) is 81.9 Å². The Morgan fingerprint density at radius 2 is 2.00 bits per heavy atom. The SMILES string of the molecule is Cc1cc(C(C)n2cc(NC(=O)c3nc(-c4c(C(F)F)ccc(Cl)c4F)cnc3CO)cn2)cnc1N1CC2C(C)C2C1=O. The van der Waals surface area contributed by atoms with Crippen LogP contribution in [0.4, 0.5) is 24.7 Å². The van der Waals surface area contributed by atoms with E-state index < -0.39 is 40.9 Å². The van der Waals surface area contributed by atoms with Crippen LogP contribution in [0.15, 0.2) is 43.0 Å². The molecule has 2 N–H and O–H groups in total. The number of pyridine rings is 1. The van der Waals surface area contributed by atoms with Gasteiger partial charge in [-0.15, -0.1) is 0 Å². The number of fused-ring (bicyclic) bond motifs is 1. The number of aryl methyl sites for hydroxylation is 1. The molecule has 2 fully saturated rings. The van der Waals surface area contributed by atoms with Gasteiger partial charge in [-0.2, -0.15) is 5.10 Å². The molecule has 10 nitrogen and oxygen atoms in total. The van der Waals surface area contributed by atoms with Gasteiger partial charge in [0.05, 0.1) is 47.1 Å². The zero-order valence-corrected chi connectivity index (χ0v) is 24.6. The summed E-state index contributed by atoms with van der Waals surface area (Å²) >= 11 is 5.83. The van der Waals surface area contributed by atoms with E-state index in [1.807, 2.05) is 19.9 Å². The summed E-state index contributed by atoms with van der Waals surface area (Å²) in [6, 6.07) is 3.64. The number of alkyl halides is 2. The minimum Gasteiger partial charge on any atom is -0.390 e. The Bertz CT molecular complexity index is 1800. The van der Waals surface area contributed by atoms with Gasteiger partial charge in [0.1, 0.15) is 5.82 Å². The minimum absolute atomic E-state index is 0.0996. The van der Waals surface area contributed by atoms with Crippen LogP contribution in [-0.2, 0) is 11.4 Å². The Balaban J connectivity index is 1.21. The Kier molecular flexibility index (Phi) is 7.62. The Labute approximate surface area is 254 Å². The molecule has 1 aliphatic heterocycles. The molecule has 4 unspecified atom stereocenters. The van der Waals surface area contributed by atoms with E-state index in [9.17, 15) is 27.9 Å². The van der Waals surface area contributed by atoms with Crippen LogP contribution < -0.4 is 10.2 Å². The van der Waals surface area contributed by atoms with Crippen molar-refractivity contribution < 1.29 is 27.9 Å². The van der Waals surface area contributed by atoms with Crippen LogP contribution in [0.3, 0.4) is 0 Å². The lowest BCUT2D eigenvalue weighted by Crippen LogP contribution is -2.31. The summed E-state index contributed by atoms with van der Waals surface area (Å²) in [5.74, 6) is -0.242. The molecule has 4 atom stereocenters. The highest BCUT2D eigenvalue weighted by Gasteiger charge is 2.59. The monoisotopic (exact) mass is 625 g/mol. The number of hydrogen-bond acceptors (Lipinski definition) is 7. The van der Waals surface area contributed by atoms with E-state index in [1.165, 1.54) is 6.20 Å². The second-order valence-corrected chi connectivity index (χ2v) is 11.5. The second kappa shape index (κ2) is 11.3. The number of aromatic nitrogens is 5. The van der Waals surface area contributed by atoms with E-state index in [2.05, 4.69) is 32.3 Å². The average Bonchev–Trinajstić information content (AvgIpc) is 3.28. The number of halogens is 4. The lowest BCUT2D eigenvalue weighted by atomic mass is 10.0. The van der Waals surface area contributed by atoms with E-state index in [4.69, 9.17) is 11.6 Å². The molecule has 14 heteroatoms. The van der Waals surface area contributed by atoms with Gasteiger partial charge in [-0.3, -0.25) is 24.2 Å². The van der Waals surface area contributed by atoms with Crippen LogP contribution >= 0.6 is 11.6 Å². The molecule has 0 bridgehead atoms. The summed E-state index contributed by atoms with van der Waals surface area (Å²) in [5.41, 5.74) is -0.165. The molecule has 0 radical (unpaired) electrons. The molecular formula is C30H27ClF3N7O3. The molecule has 4 heterocycles. The minimum atomic E-state index is -3.05. The first-order chi connectivity index (χ1) is 21.0. The van der Waals surface area contributed by atoms with Crippen molar-refractivity contribution in [2.75, 3.05) is 16.8 Å². The first-order valence-electron chi connectivity index (χ1n) is 13.9. The quantitative estimate of drug-likeness (QED) is 0.270. The summed E-state index contributed by atoms with van der Waals surface area (Å²) in [6.45, 7) is 5.90. The van der Waals surface area contributed by atoms with Crippen LogP contribution in [-0.4, -0.2) is 48.2 Å². The van der Waals surface area contributed by atoms with Gasteiger partial charge in [0, 0.05) is 36.0 Å². The van der Waals surface area contributed by atoms with Crippen LogP contribution in [0, 0.1) is 30.5 Å².